The van der Waals surface area contributed by atoms with Gasteiger partial charge in [0.25, 0.3) is 5.92 Å². The lowest BCUT2D eigenvalue weighted by atomic mass is 10.1. The molecule has 2 nitrogen and oxygen atoms in total. The molecule has 1 rings (SSSR count). The summed E-state index contributed by atoms with van der Waals surface area (Å²) in [5, 5.41) is 0.150. The molecule has 1 aromatic carbocycles. The van der Waals surface area contributed by atoms with Gasteiger partial charge in [0.05, 0.1) is 24.2 Å². The van der Waals surface area contributed by atoms with Crippen molar-refractivity contribution in [3.05, 3.63) is 27.7 Å². The van der Waals surface area contributed by atoms with E-state index >= 15 is 0 Å². The van der Waals surface area contributed by atoms with E-state index < -0.39 is 18.0 Å². The van der Waals surface area contributed by atoms with Crippen LogP contribution in [-0.2, 0) is 5.92 Å². The van der Waals surface area contributed by atoms with E-state index in [-0.39, 0.29) is 15.8 Å². The van der Waals surface area contributed by atoms with Crippen molar-refractivity contribution in [1.82, 2.24) is 0 Å². The molecule has 0 aliphatic heterocycles. The van der Waals surface area contributed by atoms with Crippen molar-refractivity contribution < 1.29 is 13.5 Å². The summed E-state index contributed by atoms with van der Waals surface area (Å²) in [4.78, 5) is 0. The van der Waals surface area contributed by atoms with Crippen molar-refractivity contribution in [2.75, 3.05) is 13.7 Å². The van der Waals surface area contributed by atoms with Gasteiger partial charge in [0.1, 0.15) is 5.75 Å². The molecule has 0 fully saturated rings. The fourth-order valence-electron chi connectivity index (χ4n) is 1.15. The van der Waals surface area contributed by atoms with E-state index in [2.05, 4.69) is 0 Å². The Morgan fingerprint density at radius 1 is 1.40 bits per heavy atom. The van der Waals surface area contributed by atoms with E-state index in [4.69, 9.17) is 33.7 Å². The summed E-state index contributed by atoms with van der Waals surface area (Å²) < 4.78 is 31.5. The zero-order valence-corrected chi connectivity index (χ0v) is 9.37. The predicted molar refractivity (Wildman–Crippen MR) is 56.0 cm³/mol. The Morgan fingerprint density at radius 2 is 2.00 bits per heavy atom. The van der Waals surface area contributed by atoms with Crippen LogP contribution in [0, 0.1) is 0 Å². The maximum Gasteiger partial charge on any atom is 0.288 e. The summed E-state index contributed by atoms with van der Waals surface area (Å²) in [5.74, 6) is -3.31. The summed E-state index contributed by atoms with van der Waals surface area (Å²) in [7, 11) is 1.26. The SMILES string of the molecule is COc1c(Cl)cc(Cl)cc1C(F)(F)CN. The molecule has 0 aromatic heterocycles. The molecule has 0 bridgehead atoms. The molecule has 0 unspecified atom stereocenters. The van der Waals surface area contributed by atoms with Crippen LogP contribution in [0.25, 0.3) is 0 Å². The van der Waals surface area contributed by atoms with Crippen LogP contribution in [0.15, 0.2) is 12.1 Å². The summed E-state index contributed by atoms with van der Waals surface area (Å²) in [6.45, 7) is -0.833. The molecule has 0 atom stereocenters. The van der Waals surface area contributed by atoms with Gasteiger partial charge in [0.15, 0.2) is 0 Å². The first-order valence-electron chi connectivity index (χ1n) is 4.03. The van der Waals surface area contributed by atoms with E-state index in [1.54, 1.807) is 0 Å². The Balaban J connectivity index is 3.39. The van der Waals surface area contributed by atoms with Crippen molar-refractivity contribution in [3.63, 3.8) is 0 Å². The molecule has 0 saturated carbocycles. The third-order valence-electron chi connectivity index (χ3n) is 1.86. The number of ether oxygens (including phenoxy) is 1. The Labute approximate surface area is 95.9 Å². The van der Waals surface area contributed by atoms with Gasteiger partial charge in [-0.05, 0) is 12.1 Å². The molecule has 2 N–H and O–H groups in total. The van der Waals surface area contributed by atoms with Crippen molar-refractivity contribution >= 4 is 23.2 Å². The topological polar surface area (TPSA) is 35.2 Å². The monoisotopic (exact) mass is 255 g/mol. The minimum atomic E-state index is -3.21. The quantitative estimate of drug-likeness (QED) is 0.901. The summed E-state index contributed by atoms with van der Waals surface area (Å²) in [6, 6.07) is 2.43. The lowest BCUT2D eigenvalue weighted by molar-refractivity contribution is 0.00371. The second-order valence-electron chi connectivity index (χ2n) is 2.88. The van der Waals surface area contributed by atoms with Gasteiger partial charge in [-0.2, -0.15) is 8.78 Å². The summed E-state index contributed by atoms with van der Waals surface area (Å²) >= 11 is 11.3. The molecule has 0 aliphatic rings. The number of benzene rings is 1. The summed E-state index contributed by atoms with van der Waals surface area (Å²) in [6.07, 6.45) is 0. The van der Waals surface area contributed by atoms with Crippen LogP contribution < -0.4 is 10.5 Å². The maximum absolute atomic E-state index is 13.4. The van der Waals surface area contributed by atoms with Gasteiger partial charge in [0.2, 0.25) is 0 Å². The van der Waals surface area contributed by atoms with Gasteiger partial charge in [0, 0.05) is 5.02 Å². The van der Waals surface area contributed by atoms with E-state index in [1.807, 2.05) is 0 Å². The van der Waals surface area contributed by atoms with Crippen LogP contribution in [0.5, 0.6) is 5.75 Å². The second kappa shape index (κ2) is 4.51. The number of rotatable bonds is 3. The van der Waals surface area contributed by atoms with Crippen LogP contribution in [0.3, 0.4) is 0 Å². The number of methoxy groups -OCH3 is 1. The Hall–Kier alpha value is -0.580. The van der Waals surface area contributed by atoms with Gasteiger partial charge >= 0.3 is 0 Å². The number of hydrogen-bond acceptors (Lipinski definition) is 2. The molecule has 15 heavy (non-hydrogen) atoms. The van der Waals surface area contributed by atoms with Gasteiger partial charge < -0.3 is 10.5 Å². The molecule has 1 aromatic rings. The van der Waals surface area contributed by atoms with Crippen LogP contribution >= 0.6 is 23.2 Å². The van der Waals surface area contributed by atoms with Crippen LogP contribution in [-0.4, -0.2) is 13.7 Å². The van der Waals surface area contributed by atoms with Gasteiger partial charge in [-0.15, -0.1) is 0 Å². The smallest absolute Gasteiger partial charge is 0.288 e. The molecular formula is C9H9Cl2F2NO. The predicted octanol–water partition coefficient (Wildman–Crippen LogP) is 3.05. The first kappa shape index (κ1) is 12.5. The first-order chi connectivity index (χ1) is 6.92. The van der Waals surface area contributed by atoms with Crippen molar-refractivity contribution in [2.45, 2.75) is 5.92 Å². The van der Waals surface area contributed by atoms with Gasteiger partial charge in [-0.25, -0.2) is 0 Å². The third kappa shape index (κ3) is 2.51. The molecular weight excluding hydrogens is 247 g/mol. The van der Waals surface area contributed by atoms with Crippen molar-refractivity contribution in [2.24, 2.45) is 5.73 Å². The fraction of sp³-hybridized carbons (Fsp3) is 0.333. The highest BCUT2D eigenvalue weighted by Gasteiger charge is 2.34. The second-order valence-corrected chi connectivity index (χ2v) is 3.72. The Kier molecular flexibility index (Phi) is 3.76. The highest BCUT2D eigenvalue weighted by atomic mass is 35.5. The average Bonchev–Trinajstić information content (AvgIpc) is 2.16. The number of halogens is 4. The molecule has 0 spiro atoms. The zero-order chi connectivity index (χ0) is 11.6. The minimum Gasteiger partial charge on any atom is -0.495 e. The molecule has 84 valence electrons. The lowest BCUT2D eigenvalue weighted by Gasteiger charge is -2.18. The van der Waals surface area contributed by atoms with Crippen molar-refractivity contribution in [3.8, 4) is 5.75 Å². The van der Waals surface area contributed by atoms with E-state index in [0.29, 0.717) is 0 Å². The highest BCUT2D eigenvalue weighted by Crippen LogP contribution is 2.40. The van der Waals surface area contributed by atoms with Crippen LogP contribution in [0.4, 0.5) is 8.78 Å². The molecule has 0 radical (unpaired) electrons. The maximum atomic E-state index is 13.4. The van der Waals surface area contributed by atoms with Crippen LogP contribution in [0.2, 0.25) is 10.0 Å². The van der Waals surface area contributed by atoms with E-state index in [9.17, 15) is 8.78 Å². The Morgan fingerprint density at radius 3 is 2.47 bits per heavy atom. The largest absolute Gasteiger partial charge is 0.495 e. The normalized spacial score (nSPS) is 11.6. The van der Waals surface area contributed by atoms with Gasteiger partial charge in [-0.3, -0.25) is 0 Å². The molecule has 6 heteroatoms. The Bertz CT molecular complexity index is 371. The van der Waals surface area contributed by atoms with Crippen molar-refractivity contribution in [1.29, 1.82) is 0 Å². The van der Waals surface area contributed by atoms with Gasteiger partial charge in [-0.1, -0.05) is 23.2 Å². The number of alkyl halides is 2. The number of hydrogen-bond donors (Lipinski definition) is 1. The third-order valence-corrected chi connectivity index (χ3v) is 2.36. The molecule has 0 saturated heterocycles. The lowest BCUT2D eigenvalue weighted by Crippen LogP contribution is -2.25. The fourth-order valence-corrected chi connectivity index (χ4v) is 1.72. The zero-order valence-electron chi connectivity index (χ0n) is 7.86. The van der Waals surface area contributed by atoms with E-state index in [1.165, 1.54) is 13.2 Å². The molecule has 0 aliphatic carbocycles. The molecule has 0 amide bonds. The first-order valence-corrected chi connectivity index (χ1v) is 4.79. The highest BCUT2D eigenvalue weighted by molar-refractivity contribution is 6.35. The van der Waals surface area contributed by atoms with Crippen LogP contribution in [0.1, 0.15) is 5.56 Å². The summed E-state index contributed by atoms with van der Waals surface area (Å²) in [5.41, 5.74) is 4.57. The standard InChI is InChI=1S/C9H9Cl2F2NO/c1-15-8-6(9(12,13)4-14)2-5(10)3-7(8)11/h2-3H,4,14H2,1H3. The van der Waals surface area contributed by atoms with E-state index in [0.717, 1.165) is 6.07 Å². The number of nitrogens with two attached hydrogens (primary N) is 1. The average molecular weight is 256 g/mol. The minimum absolute atomic E-state index is 0.0353. The molecule has 0 heterocycles.